The molecule has 6 heteroatoms. The molecule has 1 aliphatic heterocycles. The van der Waals surface area contributed by atoms with Gasteiger partial charge in [-0.2, -0.15) is 9.57 Å². The molecule has 1 aliphatic rings. The second-order valence-corrected chi connectivity index (χ2v) is 8.30. The van der Waals surface area contributed by atoms with E-state index in [-0.39, 0.29) is 6.04 Å². The van der Waals surface area contributed by atoms with E-state index in [4.69, 9.17) is 5.26 Å². The first-order chi connectivity index (χ1) is 8.24. The predicted molar refractivity (Wildman–Crippen MR) is 71.5 cm³/mol. The van der Waals surface area contributed by atoms with E-state index in [1.54, 1.807) is 25.1 Å². The number of hydrogen-bond donors (Lipinski definition) is 0. The Morgan fingerprint density at radius 1 is 1.22 bits per heavy atom. The van der Waals surface area contributed by atoms with Gasteiger partial charge >= 0.3 is 0 Å². The lowest BCUT2D eigenvalue weighted by atomic mass is 10.2. The van der Waals surface area contributed by atoms with Gasteiger partial charge in [0.1, 0.15) is 0 Å². The minimum Gasteiger partial charge on any atom is -0.285 e. The highest BCUT2D eigenvalue weighted by Crippen LogP contribution is 2.22. The molecule has 0 radical (unpaired) electrons. The molecular formula is C12H23N3O2S. The van der Waals surface area contributed by atoms with Crippen molar-refractivity contribution in [3.8, 4) is 6.07 Å². The van der Waals surface area contributed by atoms with Crippen molar-refractivity contribution in [2.75, 3.05) is 26.2 Å². The number of sulfonamides is 1. The van der Waals surface area contributed by atoms with Crippen LogP contribution in [0.25, 0.3) is 0 Å². The highest BCUT2D eigenvalue weighted by atomic mass is 32.2. The van der Waals surface area contributed by atoms with E-state index in [1.807, 2.05) is 6.92 Å². The summed E-state index contributed by atoms with van der Waals surface area (Å²) in [4.78, 5) is 2.06. The molecule has 0 N–H and O–H groups in total. The Bertz CT molecular complexity index is 412. The van der Waals surface area contributed by atoms with Gasteiger partial charge in [-0.05, 0) is 27.2 Å². The number of piperazine rings is 1. The molecule has 0 aliphatic carbocycles. The van der Waals surface area contributed by atoms with Crippen molar-refractivity contribution in [3.63, 3.8) is 0 Å². The molecule has 1 fully saturated rings. The third-order valence-corrected chi connectivity index (χ3v) is 5.96. The zero-order chi connectivity index (χ0) is 14.0. The summed E-state index contributed by atoms with van der Waals surface area (Å²) in [6, 6.07) is 2.17. The fraction of sp³-hybridized carbons (Fsp3) is 0.917. The fourth-order valence-electron chi connectivity index (χ4n) is 2.07. The predicted octanol–water partition coefficient (Wildman–Crippen LogP) is 1.03. The van der Waals surface area contributed by atoms with Crippen molar-refractivity contribution in [2.24, 2.45) is 0 Å². The highest BCUT2D eigenvalue weighted by Gasteiger charge is 2.37. The van der Waals surface area contributed by atoms with Crippen LogP contribution in [0.1, 0.15) is 34.1 Å². The molecule has 0 amide bonds. The van der Waals surface area contributed by atoms with Gasteiger partial charge in [0.15, 0.2) is 0 Å². The maximum absolute atomic E-state index is 12.3. The second-order valence-electron chi connectivity index (χ2n) is 5.61. The van der Waals surface area contributed by atoms with Crippen LogP contribution in [0.5, 0.6) is 0 Å². The van der Waals surface area contributed by atoms with Crippen molar-refractivity contribution in [1.29, 1.82) is 5.26 Å². The van der Waals surface area contributed by atoms with E-state index in [0.29, 0.717) is 26.2 Å². The third-order valence-electron chi connectivity index (χ3n) is 3.36. The Hall–Kier alpha value is -0.640. The van der Waals surface area contributed by atoms with E-state index >= 15 is 0 Å². The van der Waals surface area contributed by atoms with E-state index in [9.17, 15) is 8.42 Å². The molecule has 18 heavy (non-hydrogen) atoms. The summed E-state index contributed by atoms with van der Waals surface area (Å²) in [7, 11) is -3.24. The van der Waals surface area contributed by atoms with Crippen LogP contribution in [-0.4, -0.2) is 54.6 Å². The van der Waals surface area contributed by atoms with Gasteiger partial charge in [-0.3, -0.25) is 4.90 Å². The lowest BCUT2D eigenvalue weighted by Gasteiger charge is -2.38. The van der Waals surface area contributed by atoms with Crippen molar-refractivity contribution < 1.29 is 8.42 Å². The Morgan fingerprint density at radius 3 is 2.06 bits per heavy atom. The van der Waals surface area contributed by atoms with Crippen LogP contribution < -0.4 is 0 Å². The van der Waals surface area contributed by atoms with Crippen LogP contribution >= 0.6 is 0 Å². The molecule has 1 atom stereocenters. The van der Waals surface area contributed by atoms with Crippen molar-refractivity contribution in [3.05, 3.63) is 0 Å². The third kappa shape index (κ3) is 3.02. The summed E-state index contributed by atoms with van der Waals surface area (Å²) in [5.74, 6) is 0. The topological polar surface area (TPSA) is 64.4 Å². The zero-order valence-electron chi connectivity index (χ0n) is 11.7. The van der Waals surface area contributed by atoms with Gasteiger partial charge in [0, 0.05) is 26.2 Å². The van der Waals surface area contributed by atoms with Crippen LogP contribution in [0, 0.1) is 11.3 Å². The maximum atomic E-state index is 12.3. The first-order valence-electron chi connectivity index (χ1n) is 6.37. The molecule has 1 rings (SSSR count). The van der Waals surface area contributed by atoms with Gasteiger partial charge in [0.05, 0.1) is 16.9 Å². The standard InChI is InChI=1S/C12H23N3O2S/c1-5-11(10-13)14-6-8-15(9-7-14)18(16,17)12(2,3)4/h11H,5-9H2,1-4H3. The minimum absolute atomic E-state index is 0.0931. The van der Waals surface area contributed by atoms with Crippen molar-refractivity contribution in [1.82, 2.24) is 9.21 Å². The molecule has 1 unspecified atom stereocenters. The van der Waals surface area contributed by atoms with Gasteiger partial charge in [-0.1, -0.05) is 6.92 Å². The van der Waals surface area contributed by atoms with Gasteiger partial charge in [-0.15, -0.1) is 0 Å². The average Bonchev–Trinajstić information content (AvgIpc) is 2.30. The molecule has 0 aromatic rings. The highest BCUT2D eigenvalue weighted by molar-refractivity contribution is 7.90. The molecule has 104 valence electrons. The SMILES string of the molecule is CCC(C#N)N1CCN(S(=O)(=O)C(C)(C)C)CC1. The molecular weight excluding hydrogens is 250 g/mol. The van der Waals surface area contributed by atoms with Gasteiger partial charge in [0.25, 0.3) is 0 Å². The van der Waals surface area contributed by atoms with Crippen LogP contribution in [0.15, 0.2) is 0 Å². The molecule has 0 spiro atoms. The maximum Gasteiger partial charge on any atom is 0.219 e. The molecule has 1 saturated heterocycles. The Kier molecular flexibility index (Phi) is 4.76. The Balaban J connectivity index is 2.69. The van der Waals surface area contributed by atoms with Crippen LogP contribution in [-0.2, 0) is 10.0 Å². The minimum atomic E-state index is -3.24. The van der Waals surface area contributed by atoms with Crippen LogP contribution in [0.2, 0.25) is 0 Å². The number of rotatable bonds is 3. The molecule has 5 nitrogen and oxygen atoms in total. The first-order valence-corrected chi connectivity index (χ1v) is 7.81. The zero-order valence-corrected chi connectivity index (χ0v) is 12.5. The summed E-state index contributed by atoms with van der Waals surface area (Å²) in [5.41, 5.74) is 0. The Morgan fingerprint density at radius 2 is 1.72 bits per heavy atom. The van der Waals surface area contributed by atoms with Crippen molar-refractivity contribution >= 4 is 10.0 Å². The summed E-state index contributed by atoms with van der Waals surface area (Å²) >= 11 is 0. The summed E-state index contributed by atoms with van der Waals surface area (Å²) in [6.45, 7) is 9.39. The quantitative estimate of drug-likeness (QED) is 0.770. The summed E-state index contributed by atoms with van der Waals surface area (Å²) < 4.78 is 25.3. The molecule has 0 bridgehead atoms. The van der Waals surface area contributed by atoms with E-state index in [2.05, 4.69) is 11.0 Å². The van der Waals surface area contributed by atoms with Gasteiger partial charge < -0.3 is 0 Å². The molecule has 0 aromatic heterocycles. The van der Waals surface area contributed by atoms with Crippen molar-refractivity contribution in [2.45, 2.75) is 44.9 Å². The summed E-state index contributed by atoms with van der Waals surface area (Å²) in [6.07, 6.45) is 0.780. The normalized spacial score (nSPS) is 21.5. The largest absolute Gasteiger partial charge is 0.285 e. The second kappa shape index (κ2) is 5.55. The number of nitriles is 1. The smallest absolute Gasteiger partial charge is 0.219 e. The lowest BCUT2D eigenvalue weighted by Crippen LogP contribution is -2.54. The van der Waals surface area contributed by atoms with E-state index in [0.717, 1.165) is 6.42 Å². The summed E-state index contributed by atoms with van der Waals surface area (Å²) in [5, 5.41) is 9.01. The van der Waals surface area contributed by atoms with E-state index < -0.39 is 14.8 Å². The Labute approximate surface area is 110 Å². The fourth-order valence-corrected chi connectivity index (χ4v) is 3.49. The monoisotopic (exact) mass is 273 g/mol. The van der Waals surface area contributed by atoms with E-state index in [1.165, 1.54) is 0 Å². The lowest BCUT2D eigenvalue weighted by molar-refractivity contribution is 0.158. The van der Waals surface area contributed by atoms with Crippen LogP contribution in [0.3, 0.4) is 0 Å². The molecule has 1 heterocycles. The molecule has 0 aromatic carbocycles. The molecule has 0 saturated carbocycles. The average molecular weight is 273 g/mol. The number of nitrogens with zero attached hydrogens (tertiary/aromatic N) is 3. The van der Waals surface area contributed by atoms with Crippen LogP contribution in [0.4, 0.5) is 0 Å². The van der Waals surface area contributed by atoms with Gasteiger partial charge in [0.2, 0.25) is 10.0 Å². The number of hydrogen-bond acceptors (Lipinski definition) is 4. The first kappa shape index (κ1) is 15.4. The van der Waals surface area contributed by atoms with Gasteiger partial charge in [-0.25, -0.2) is 8.42 Å².